The molecule has 0 spiro atoms. The molecule has 2 aromatic carbocycles. The Balaban J connectivity index is 2.19. The van der Waals surface area contributed by atoms with Crippen LogP contribution in [0.1, 0.15) is 10.4 Å². The molecule has 7 nitrogen and oxygen atoms in total. The minimum atomic E-state index is -1.25. The summed E-state index contributed by atoms with van der Waals surface area (Å²) in [7, 11) is 0. The zero-order valence-electron chi connectivity index (χ0n) is 10.0. The van der Waals surface area contributed by atoms with Crippen LogP contribution < -0.4 is 4.74 Å². The third-order valence-electron chi connectivity index (χ3n) is 2.48. The predicted octanol–water partition coefficient (Wildman–Crippen LogP) is 2.79. The quantitative estimate of drug-likeness (QED) is 0.655. The number of rotatable bonds is 4. The van der Waals surface area contributed by atoms with Crippen molar-refractivity contribution in [2.75, 3.05) is 0 Å². The summed E-state index contributed by atoms with van der Waals surface area (Å²) in [5.41, 5.74) is -0.303. The molecule has 0 aliphatic carbocycles. The number of benzene rings is 2. The lowest BCUT2D eigenvalue weighted by atomic mass is 10.2. The van der Waals surface area contributed by atoms with Gasteiger partial charge in [-0.2, -0.15) is 0 Å². The van der Waals surface area contributed by atoms with Gasteiger partial charge in [0.05, 0.1) is 4.92 Å². The van der Waals surface area contributed by atoms with Gasteiger partial charge in [0, 0.05) is 18.2 Å². The summed E-state index contributed by atoms with van der Waals surface area (Å²) in [5, 5.41) is 28.8. The van der Waals surface area contributed by atoms with Gasteiger partial charge in [0.1, 0.15) is 22.8 Å². The molecule has 0 aromatic heterocycles. The molecule has 0 amide bonds. The molecule has 2 rings (SSSR count). The number of aromatic hydroxyl groups is 1. The van der Waals surface area contributed by atoms with E-state index >= 15 is 0 Å². The number of carboxylic acid groups (broad SMARTS) is 1. The van der Waals surface area contributed by atoms with Crippen LogP contribution in [-0.2, 0) is 0 Å². The maximum absolute atomic E-state index is 10.7. The number of phenols is 1. The zero-order valence-corrected chi connectivity index (χ0v) is 10.0. The molecule has 0 aliphatic heterocycles. The van der Waals surface area contributed by atoms with Crippen molar-refractivity contribution >= 4 is 11.7 Å². The van der Waals surface area contributed by atoms with Gasteiger partial charge in [0.2, 0.25) is 0 Å². The molecule has 0 heterocycles. The Morgan fingerprint density at radius 2 is 1.70 bits per heavy atom. The number of nitrogens with zero attached hydrogens (tertiary/aromatic N) is 1. The molecule has 2 N–H and O–H groups in total. The van der Waals surface area contributed by atoms with Crippen LogP contribution in [0.15, 0.2) is 42.5 Å². The number of carbonyl (C=O) groups is 1. The highest BCUT2D eigenvalue weighted by molar-refractivity contribution is 5.90. The number of carboxylic acids is 1. The van der Waals surface area contributed by atoms with E-state index in [0.717, 1.165) is 6.07 Å². The van der Waals surface area contributed by atoms with Gasteiger partial charge in [-0.3, -0.25) is 10.1 Å². The first-order valence-electron chi connectivity index (χ1n) is 5.46. The molecule has 0 atom stereocenters. The van der Waals surface area contributed by atoms with E-state index < -0.39 is 16.6 Å². The fourth-order valence-electron chi connectivity index (χ4n) is 1.53. The van der Waals surface area contributed by atoms with Crippen molar-refractivity contribution < 1.29 is 24.7 Å². The Kier molecular flexibility index (Phi) is 3.52. The summed E-state index contributed by atoms with van der Waals surface area (Å²) >= 11 is 0. The van der Waals surface area contributed by atoms with Crippen molar-refractivity contribution in [3.8, 4) is 17.2 Å². The van der Waals surface area contributed by atoms with Crippen LogP contribution in [0.25, 0.3) is 0 Å². The number of nitro benzene ring substituents is 1. The summed E-state index contributed by atoms with van der Waals surface area (Å²) < 4.78 is 5.35. The fraction of sp³-hybridized carbons (Fsp3) is 0. The van der Waals surface area contributed by atoms with Crippen LogP contribution >= 0.6 is 0 Å². The first-order valence-corrected chi connectivity index (χ1v) is 5.46. The minimum Gasteiger partial charge on any atom is -0.507 e. The zero-order chi connectivity index (χ0) is 14.7. The van der Waals surface area contributed by atoms with Gasteiger partial charge < -0.3 is 14.9 Å². The van der Waals surface area contributed by atoms with Gasteiger partial charge in [-0.05, 0) is 24.3 Å². The van der Waals surface area contributed by atoms with Crippen LogP contribution in [0.5, 0.6) is 17.2 Å². The van der Waals surface area contributed by atoms with E-state index in [2.05, 4.69) is 0 Å². The molecule has 102 valence electrons. The van der Waals surface area contributed by atoms with Crippen molar-refractivity contribution in [2.24, 2.45) is 0 Å². The molecule has 2 aromatic rings. The van der Waals surface area contributed by atoms with E-state index in [4.69, 9.17) is 9.84 Å². The van der Waals surface area contributed by atoms with Crippen molar-refractivity contribution in [3.05, 3.63) is 58.1 Å². The Labute approximate surface area is 112 Å². The van der Waals surface area contributed by atoms with E-state index in [0.29, 0.717) is 5.75 Å². The first kappa shape index (κ1) is 13.3. The minimum absolute atomic E-state index is 0.0681. The summed E-state index contributed by atoms with van der Waals surface area (Å²) in [6, 6.07) is 9.11. The van der Waals surface area contributed by atoms with E-state index in [1.165, 1.54) is 36.4 Å². The van der Waals surface area contributed by atoms with Gasteiger partial charge in [-0.1, -0.05) is 0 Å². The normalized spacial score (nSPS) is 10.0. The number of non-ortho nitro benzene ring substituents is 1. The summed E-state index contributed by atoms with van der Waals surface area (Å²) in [6.45, 7) is 0. The molecule has 0 radical (unpaired) electrons. The molecule has 0 unspecified atom stereocenters. The predicted molar refractivity (Wildman–Crippen MR) is 68.2 cm³/mol. The van der Waals surface area contributed by atoms with Gasteiger partial charge in [-0.15, -0.1) is 0 Å². The number of hydrogen-bond donors (Lipinski definition) is 2. The van der Waals surface area contributed by atoms with Crippen LogP contribution in [0.3, 0.4) is 0 Å². The monoisotopic (exact) mass is 275 g/mol. The molecule has 0 saturated carbocycles. The summed E-state index contributed by atoms with van der Waals surface area (Å²) in [5.74, 6) is -1.11. The number of ether oxygens (including phenoxy) is 1. The SMILES string of the molecule is O=C(O)c1ccc(Oc2ccc([N+](=O)[O-])cc2)cc1O. The Bertz CT molecular complexity index is 665. The molecule has 7 heteroatoms. The van der Waals surface area contributed by atoms with Gasteiger partial charge in [-0.25, -0.2) is 4.79 Å². The second-order valence-electron chi connectivity index (χ2n) is 3.84. The average Bonchev–Trinajstić information content (AvgIpc) is 2.39. The van der Waals surface area contributed by atoms with Gasteiger partial charge in [0.15, 0.2) is 0 Å². The van der Waals surface area contributed by atoms with Crippen LogP contribution in [0.4, 0.5) is 5.69 Å². The lowest BCUT2D eigenvalue weighted by Gasteiger charge is -2.07. The average molecular weight is 275 g/mol. The van der Waals surface area contributed by atoms with Crippen molar-refractivity contribution in [2.45, 2.75) is 0 Å². The molecule has 0 bridgehead atoms. The molecule has 0 fully saturated rings. The van der Waals surface area contributed by atoms with Crippen LogP contribution in [-0.4, -0.2) is 21.1 Å². The van der Waals surface area contributed by atoms with Crippen molar-refractivity contribution in [1.29, 1.82) is 0 Å². The maximum atomic E-state index is 10.7. The third kappa shape index (κ3) is 2.83. The smallest absolute Gasteiger partial charge is 0.339 e. The highest BCUT2D eigenvalue weighted by Gasteiger charge is 2.11. The highest BCUT2D eigenvalue weighted by atomic mass is 16.6. The standard InChI is InChI=1S/C13H9NO6/c15-12-7-10(5-6-11(12)13(16)17)20-9-3-1-8(2-4-9)14(18)19/h1-7,15H,(H,16,17). The Hall–Kier alpha value is -3.09. The van der Waals surface area contributed by atoms with E-state index in [1.807, 2.05) is 0 Å². The maximum Gasteiger partial charge on any atom is 0.339 e. The lowest BCUT2D eigenvalue weighted by Crippen LogP contribution is -1.96. The second-order valence-corrected chi connectivity index (χ2v) is 3.84. The number of aromatic carboxylic acids is 1. The molecular formula is C13H9NO6. The largest absolute Gasteiger partial charge is 0.507 e. The van der Waals surface area contributed by atoms with E-state index in [1.54, 1.807) is 0 Å². The molecular weight excluding hydrogens is 266 g/mol. The second kappa shape index (κ2) is 5.27. The first-order chi connectivity index (χ1) is 9.47. The van der Waals surface area contributed by atoms with Gasteiger partial charge >= 0.3 is 5.97 Å². The Morgan fingerprint density at radius 3 is 2.20 bits per heavy atom. The fourth-order valence-corrected chi connectivity index (χ4v) is 1.53. The Morgan fingerprint density at radius 1 is 1.10 bits per heavy atom. The van der Waals surface area contributed by atoms with Crippen LogP contribution in [0.2, 0.25) is 0 Å². The summed E-state index contributed by atoms with van der Waals surface area (Å²) in [4.78, 5) is 20.7. The van der Waals surface area contributed by atoms with Crippen molar-refractivity contribution in [1.82, 2.24) is 0 Å². The van der Waals surface area contributed by atoms with Crippen LogP contribution in [0, 0.1) is 10.1 Å². The molecule has 20 heavy (non-hydrogen) atoms. The number of nitro groups is 1. The molecule has 0 saturated heterocycles. The lowest BCUT2D eigenvalue weighted by molar-refractivity contribution is -0.384. The molecule has 0 aliphatic rings. The number of hydrogen-bond acceptors (Lipinski definition) is 5. The van der Waals surface area contributed by atoms with Gasteiger partial charge in [0.25, 0.3) is 5.69 Å². The summed E-state index contributed by atoms with van der Waals surface area (Å²) in [6.07, 6.45) is 0. The van der Waals surface area contributed by atoms with E-state index in [9.17, 15) is 20.0 Å². The van der Waals surface area contributed by atoms with Crippen molar-refractivity contribution in [3.63, 3.8) is 0 Å². The van der Waals surface area contributed by atoms with E-state index in [-0.39, 0.29) is 17.0 Å². The highest BCUT2D eigenvalue weighted by Crippen LogP contribution is 2.28. The topological polar surface area (TPSA) is 110 Å². The third-order valence-corrected chi connectivity index (χ3v) is 2.48.